The number of hydrogen-bond donors (Lipinski definition) is 1. The zero-order chi connectivity index (χ0) is 17.7. The van der Waals surface area contributed by atoms with E-state index in [1.165, 1.54) is 11.6 Å². The van der Waals surface area contributed by atoms with Gasteiger partial charge in [0.2, 0.25) is 0 Å². The minimum absolute atomic E-state index is 0.0796. The molecule has 26 heavy (non-hydrogen) atoms. The van der Waals surface area contributed by atoms with E-state index in [4.69, 9.17) is 4.74 Å². The van der Waals surface area contributed by atoms with Gasteiger partial charge < -0.3 is 9.84 Å². The molecule has 4 heteroatoms. The lowest BCUT2D eigenvalue weighted by Crippen LogP contribution is -2.46. The Labute approximate surface area is 153 Å². The molecule has 3 aliphatic rings. The van der Waals surface area contributed by atoms with Crippen LogP contribution in [-0.4, -0.2) is 41.4 Å². The summed E-state index contributed by atoms with van der Waals surface area (Å²) in [5.74, 6) is 0.539. The van der Waals surface area contributed by atoms with E-state index in [9.17, 15) is 9.50 Å². The summed E-state index contributed by atoms with van der Waals surface area (Å²) >= 11 is 0. The molecule has 2 bridgehead atoms. The molecule has 0 saturated carbocycles. The predicted molar refractivity (Wildman–Crippen MR) is 97.1 cm³/mol. The highest BCUT2D eigenvalue weighted by Gasteiger charge is 2.56. The van der Waals surface area contributed by atoms with Gasteiger partial charge in [-0.05, 0) is 29.7 Å². The molecule has 3 fully saturated rings. The molecule has 2 aromatic carbocycles. The number of rotatable bonds is 3. The zero-order valence-corrected chi connectivity index (χ0v) is 14.7. The Bertz CT molecular complexity index is 783. The summed E-state index contributed by atoms with van der Waals surface area (Å²) in [6, 6.07) is 17.4. The van der Waals surface area contributed by atoms with Gasteiger partial charge in [0.25, 0.3) is 0 Å². The summed E-state index contributed by atoms with van der Waals surface area (Å²) < 4.78 is 19.9. The van der Waals surface area contributed by atoms with Crippen LogP contribution < -0.4 is 0 Å². The summed E-state index contributed by atoms with van der Waals surface area (Å²) in [5, 5.41) is 10.8. The summed E-state index contributed by atoms with van der Waals surface area (Å²) in [6.07, 6.45) is 0.332. The Kier molecular flexibility index (Phi) is 4.07. The van der Waals surface area contributed by atoms with Crippen molar-refractivity contribution < 1.29 is 14.2 Å². The number of halogens is 1. The van der Waals surface area contributed by atoms with Gasteiger partial charge in [-0.15, -0.1) is 0 Å². The van der Waals surface area contributed by atoms with E-state index in [2.05, 4.69) is 29.2 Å². The highest BCUT2D eigenvalue weighted by molar-refractivity contribution is 5.26. The molecule has 0 aromatic heterocycles. The SMILES string of the molecule is O[C@H]1[C@@H]2CN(Cc3ccccc3)C[C@@H]2[C@@H]2O[C@H]1C[C@@H]2c1cccc(F)c1. The lowest BCUT2D eigenvalue weighted by Gasteiger charge is -2.36. The highest BCUT2D eigenvalue weighted by atomic mass is 19.1. The van der Waals surface area contributed by atoms with Gasteiger partial charge in [0.1, 0.15) is 5.82 Å². The van der Waals surface area contributed by atoms with Gasteiger partial charge in [-0.1, -0.05) is 42.5 Å². The third-order valence-corrected chi connectivity index (χ3v) is 6.47. The molecule has 0 spiro atoms. The van der Waals surface area contributed by atoms with Crippen molar-refractivity contribution in [2.45, 2.75) is 37.2 Å². The Hall–Kier alpha value is -1.75. The maximum Gasteiger partial charge on any atom is 0.123 e. The molecule has 3 nitrogen and oxygen atoms in total. The molecule has 0 radical (unpaired) electrons. The van der Waals surface area contributed by atoms with Crippen molar-refractivity contribution >= 4 is 0 Å². The fourth-order valence-corrected chi connectivity index (χ4v) is 5.32. The highest BCUT2D eigenvalue weighted by Crippen LogP contribution is 2.50. The number of ether oxygens (including phenoxy) is 1. The molecule has 3 aliphatic heterocycles. The second-order valence-corrected chi connectivity index (χ2v) is 8.03. The van der Waals surface area contributed by atoms with Crippen LogP contribution in [0.1, 0.15) is 23.5 Å². The lowest BCUT2D eigenvalue weighted by molar-refractivity contribution is -0.126. The third kappa shape index (κ3) is 2.77. The third-order valence-electron chi connectivity index (χ3n) is 6.47. The van der Waals surface area contributed by atoms with E-state index in [-0.39, 0.29) is 29.9 Å². The number of nitrogens with zero attached hydrogens (tertiary/aromatic N) is 1. The number of fused-ring (bicyclic) bond motifs is 4. The Balaban J connectivity index is 1.38. The molecular weight excluding hydrogens is 329 g/mol. The van der Waals surface area contributed by atoms with Crippen molar-refractivity contribution in [3.8, 4) is 0 Å². The van der Waals surface area contributed by atoms with E-state index in [0.29, 0.717) is 5.92 Å². The first-order valence-corrected chi connectivity index (χ1v) is 9.54. The molecule has 136 valence electrons. The monoisotopic (exact) mass is 353 g/mol. The van der Waals surface area contributed by atoms with E-state index in [1.807, 2.05) is 12.1 Å². The van der Waals surface area contributed by atoms with Gasteiger partial charge in [0.05, 0.1) is 18.3 Å². The van der Waals surface area contributed by atoms with Gasteiger partial charge >= 0.3 is 0 Å². The zero-order valence-electron chi connectivity index (χ0n) is 14.7. The molecule has 5 rings (SSSR count). The van der Waals surface area contributed by atoms with E-state index < -0.39 is 6.10 Å². The van der Waals surface area contributed by atoms with Crippen molar-refractivity contribution in [3.63, 3.8) is 0 Å². The van der Waals surface area contributed by atoms with Crippen molar-refractivity contribution in [1.82, 2.24) is 4.90 Å². The first-order valence-electron chi connectivity index (χ1n) is 9.54. The summed E-state index contributed by atoms with van der Waals surface area (Å²) in [7, 11) is 0. The second-order valence-electron chi connectivity index (χ2n) is 8.03. The van der Waals surface area contributed by atoms with Crippen LogP contribution in [0, 0.1) is 17.7 Å². The van der Waals surface area contributed by atoms with Gasteiger partial charge in [0.15, 0.2) is 0 Å². The molecule has 0 unspecified atom stereocenters. The Morgan fingerprint density at radius 3 is 2.65 bits per heavy atom. The fourth-order valence-electron chi connectivity index (χ4n) is 5.32. The second kappa shape index (κ2) is 6.45. The van der Waals surface area contributed by atoms with Crippen LogP contribution in [0.3, 0.4) is 0 Å². The van der Waals surface area contributed by atoms with Crippen molar-refractivity contribution in [2.75, 3.05) is 13.1 Å². The van der Waals surface area contributed by atoms with Crippen LogP contribution in [0.4, 0.5) is 4.39 Å². The number of aliphatic hydroxyl groups excluding tert-OH is 1. The Morgan fingerprint density at radius 2 is 1.85 bits per heavy atom. The summed E-state index contributed by atoms with van der Waals surface area (Å²) in [4.78, 5) is 2.43. The quantitative estimate of drug-likeness (QED) is 0.920. The summed E-state index contributed by atoms with van der Waals surface area (Å²) in [6.45, 7) is 2.75. The first-order chi connectivity index (χ1) is 12.7. The number of aliphatic hydroxyl groups is 1. The van der Waals surface area contributed by atoms with Crippen molar-refractivity contribution in [2.24, 2.45) is 11.8 Å². The van der Waals surface area contributed by atoms with Crippen LogP contribution in [0.25, 0.3) is 0 Å². The fraction of sp³-hybridized carbons (Fsp3) is 0.455. The molecule has 6 atom stereocenters. The number of likely N-dealkylation sites (tertiary alicyclic amines) is 1. The van der Waals surface area contributed by atoms with E-state index in [0.717, 1.165) is 31.6 Å². The summed E-state index contributed by atoms with van der Waals surface area (Å²) in [5.41, 5.74) is 2.31. The molecule has 0 aliphatic carbocycles. The number of hydrogen-bond acceptors (Lipinski definition) is 3. The number of benzene rings is 2. The minimum atomic E-state index is -0.421. The molecule has 2 aromatic rings. The Morgan fingerprint density at radius 1 is 1.04 bits per heavy atom. The van der Waals surface area contributed by atoms with Crippen LogP contribution >= 0.6 is 0 Å². The first kappa shape index (κ1) is 16.4. The maximum absolute atomic E-state index is 13.7. The van der Waals surface area contributed by atoms with Gasteiger partial charge in [-0.3, -0.25) is 4.90 Å². The van der Waals surface area contributed by atoms with E-state index in [1.54, 1.807) is 12.1 Å². The normalized spacial score (nSPS) is 36.2. The van der Waals surface area contributed by atoms with Crippen LogP contribution in [-0.2, 0) is 11.3 Å². The standard InChI is InChI=1S/C22H24FNO2/c23-16-8-4-7-15(9-16)17-10-20-21(25)18-12-24(13-19(18)22(17)26-20)11-14-5-2-1-3-6-14/h1-9,17-22,25H,10-13H2/t17-,18-,19+,20+,21+,22-/m1/s1. The molecule has 1 N–H and O–H groups in total. The average Bonchev–Trinajstić information content (AvgIpc) is 3.24. The smallest absolute Gasteiger partial charge is 0.123 e. The predicted octanol–water partition coefficient (Wildman–Crippen LogP) is 3.19. The average molecular weight is 353 g/mol. The topological polar surface area (TPSA) is 32.7 Å². The van der Waals surface area contributed by atoms with Crippen molar-refractivity contribution in [3.05, 3.63) is 71.5 Å². The molecule has 3 saturated heterocycles. The van der Waals surface area contributed by atoms with Gasteiger partial charge in [0, 0.05) is 37.4 Å². The van der Waals surface area contributed by atoms with Crippen LogP contribution in [0.2, 0.25) is 0 Å². The largest absolute Gasteiger partial charge is 0.390 e. The maximum atomic E-state index is 13.7. The molecule has 0 amide bonds. The van der Waals surface area contributed by atoms with Crippen LogP contribution in [0.5, 0.6) is 0 Å². The van der Waals surface area contributed by atoms with Crippen LogP contribution in [0.15, 0.2) is 54.6 Å². The van der Waals surface area contributed by atoms with E-state index >= 15 is 0 Å². The lowest BCUT2D eigenvalue weighted by atomic mass is 9.81. The molecular formula is C22H24FNO2. The van der Waals surface area contributed by atoms with Gasteiger partial charge in [-0.2, -0.15) is 0 Å². The minimum Gasteiger partial charge on any atom is -0.390 e. The van der Waals surface area contributed by atoms with Crippen molar-refractivity contribution in [1.29, 1.82) is 0 Å². The molecule has 3 heterocycles. The van der Waals surface area contributed by atoms with Gasteiger partial charge in [-0.25, -0.2) is 4.39 Å².